The largest absolute Gasteiger partial charge is 0.478 e. The molecule has 0 radical (unpaired) electrons. The molecule has 0 unspecified atom stereocenters. The highest BCUT2D eigenvalue weighted by molar-refractivity contribution is 6.36. The quantitative estimate of drug-likeness (QED) is 0.748. The first kappa shape index (κ1) is 13.5. The van der Waals surface area contributed by atoms with E-state index in [1.54, 1.807) is 30.3 Å². The van der Waals surface area contributed by atoms with E-state index in [1.165, 1.54) is 6.07 Å². The number of nitrogen functional groups attached to an aromatic ring is 1. The maximum atomic E-state index is 11.0. The molecule has 6 heteroatoms. The molecule has 2 aromatic rings. The summed E-state index contributed by atoms with van der Waals surface area (Å²) in [5, 5.41) is 12.9. The van der Waals surface area contributed by atoms with Gasteiger partial charge in [0.2, 0.25) is 0 Å². The summed E-state index contributed by atoms with van der Waals surface area (Å²) in [4.78, 5) is 11.0. The number of hydrogen-bond acceptors (Lipinski definition) is 3. The molecule has 4 N–H and O–H groups in total. The number of carbonyl (C=O) groups is 1. The molecule has 0 amide bonds. The first-order chi connectivity index (χ1) is 8.99. The Morgan fingerprint density at radius 2 is 1.89 bits per heavy atom. The molecule has 0 aliphatic rings. The van der Waals surface area contributed by atoms with Crippen LogP contribution in [0.3, 0.4) is 0 Å². The van der Waals surface area contributed by atoms with Crippen molar-refractivity contribution in [2.24, 2.45) is 0 Å². The zero-order chi connectivity index (χ0) is 14.0. The fourth-order valence-corrected chi connectivity index (χ4v) is 2.05. The second-order valence-electron chi connectivity index (χ2n) is 3.82. The molecule has 19 heavy (non-hydrogen) atoms. The maximum Gasteiger partial charge on any atom is 0.337 e. The van der Waals surface area contributed by atoms with Crippen LogP contribution in [0.25, 0.3) is 0 Å². The lowest BCUT2D eigenvalue weighted by atomic mass is 10.1. The van der Waals surface area contributed by atoms with Crippen LogP contribution in [-0.4, -0.2) is 11.1 Å². The molecule has 0 heterocycles. The van der Waals surface area contributed by atoms with Crippen molar-refractivity contribution >= 4 is 46.2 Å². The zero-order valence-electron chi connectivity index (χ0n) is 9.65. The minimum Gasteiger partial charge on any atom is -0.478 e. The second-order valence-corrected chi connectivity index (χ2v) is 4.66. The van der Waals surface area contributed by atoms with E-state index < -0.39 is 5.97 Å². The summed E-state index contributed by atoms with van der Waals surface area (Å²) in [5.74, 6) is -1.08. The number of carboxylic acids is 1. The Balaban J connectivity index is 2.38. The van der Waals surface area contributed by atoms with Crippen LogP contribution in [0.5, 0.6) is 0 Å². The predicted molar refractivity (Wildman–Crippen MR) is 77.6 cm³/mol. The monoisotopic (exact) mass is 296 g/mol. The molecule has 0 aromatic heterocycles. The number of benzene rings is 2. The van der Waals surface area contributed by atoms with Crippen molar-refractivity contribution in [3.05, 3.63) is 52.0 Å². The van der Waals surface area contributed by atoms with Gasteiger partial charge in [0.15, 0.2) is 0 Å². The summed E-state index contributed by atoms with van der Waals surface area (Å²) in [6, 6.07) is 9.66. The average molecular weight is 297 g/mol. The van der Waals surface area contributed by atoms with Gasteiger partial charge in [0, 0.05) is 5.02 Å². The second kappa shape index (κ2) is 5.38. The first-order valence-corrected chi connectivity index (χ1v) is 6.08. The Morgan fingerprint density at radius 1 is 1.16 bits per heavy atom. The topological polar surface area (TPSA) is 75.3 Å². The van der Waals surface area contributed by atoms with Gasteiger partial charge in [-0.25, -0.2) is 4.79 Å². The van der Waals surface area contributed by atoms with E-state index >= 15 is 0 Å². The van der Waals surface area contributed by atoms with E-state index in [-0.39, 0.29) is 11.3 Å². The Labute approximate surface area is 119 Å². The van der Waals surface area contributed by atoms with Crippen LogP contribution in [0, 0.1) is 0 Å². The van der Waals surface area contributed by atoms with E-state index in [9.17, 15) is 4.79 Å². The van der Waals surface area contributed by atoms with Gasteiger partial charge in [-0.15, -0.1) is 0 Å². The average Bonchev–Trinajstić information content (AvgIpc) is 2.34. The summed E-state index contributed by atoms with van der Waals surface area (Å²) in [5.41, 5.74) is 7.06. The smallest absolute Gasteiger partial charge is 0.337 e. The third kappa shape index (κ3) is 2.92. The molecule has 98 valence electrons. The van der Waals surface area contributed by atoms with E-state index in [0.717, 1.165) is 0 Å². The summed E-state index contributed by atoms with van der Waals surface area (Å²) >= 11 is 11.8. The number of halogens is 2. The number of hydrogen-bond donors (Lipinski definition) is 3. The molecular weight excluding hydrogens is 287 g/mol. The third-order valence-corrected chi connectivity index (χ3v) is 3.08. The molecular formula is C13H10Cl2N2O2. The molecule has 2 rings (SSSR count). The Bertz CT molecular complexity index is 645. The molecule has 0 bridgehead atoms. The summed E-state index contributed by atoms with van der Waals surface area (Å²) in [6.45, 7) is 0. The number of nitrogens with one attached hydrogen (secondary N) is 1. The van der Waals surface area contributed by atoms with Gasteiger partial charge in [-0.05, 0) is 30.3 Å². The van der Waals surface area contributed by atoms with Gasteiger partial charge in [0.1, 0.15) is 0 Å². The van der Waals surface area contributed by atoms with E-state index in [2.05, 4.69) is 5.32 Å². The van der Waals surface area contributed by atoms with Crippen molar-refractivity contribution in [3.63, 3.8) is 0 Å². The number of anilines is 3. The lowest BCUT2D eigenvalue weighted by Gasteiger charge is -2.12. The molecule has 0 aliphatic heterocycles. The van der Waals surface area contributed by atoms with Gasteiger partial charge in [-0.1, -0.05) is 29.3 Å². The van der Waals surface area contributed by atoms with Crippen LogP contribution in [0.1, 0.15) is 10.4 Å². The van der Waals surface area contributed by atoms with Crippen LogP contribution < -0.4 is 11.1 Å². The van der Waals surface area contributed by atoms with Gasteiger partial charge < -0.3 is 16.2 Å². The molecule has 0 saturated carbocycles. The molecule has 0 aliphatic carbocycles. The van der Waals surface area contributed by atoms with Crippen LogP contribution >= 0.6 is 23.2 Å². The number of para-hydroxylation sites is 1. The van der Waals surface area contributed by atoms with Crippen LogP contribution in [-0.2, 0) is 0 Å². The molecule has 0 saturated heterocycles. The van der Waals surface area contributed by atoms with Crippen molar-refractivity contribution in [1.29, 1.82) is 0 Å². The van der Waals surface area contributed by atoms with Gasteiger partial charge in [0.05, 0.1) is 27.6 Å². The third-order valence-electron chi connectivity index (χ3n) is 2.54. The van der Waals surface area contributed by atoms with Gasteiger partial charge in [-0.3, -0.25) is 0 Å². The van der Waals surface area contributed by atoms with Crippen molar-refractivity contribution in [1.82, 2.24) is 0 Å². The number of carboxylic acid groups (broad SMARTS) is 1. The van der Waals surface area contributed by atoms with Crippen LogP contribution in [0.15, 0.2) is 36.4 Å². The highest BCUT2D eigenvalue weighted by Crippen LogP contribution is 2.31. The highest BCUT2D eigenvalue weighted by Gasteiger charge is 2.11. The SMILES string of the molecule is Nc1c(Nc2ccc(Cl)cc2Cl)cccc1C(=O)O. The van der Waals surface area contributed by atoms with Crippen molar-refractivity contribution < 1.29 is 9.90 Å². The minimum atomic E-state index is -1.08. The lowest BCUT2D eigenvalue weighted by Crippen LogP contribution is -2.05. The normalized spacial score (nSPS) is 10.2. The van der Waals surface area contributed by atoms with Crippen molar-refractivity contribution in [2.45, 2.75) is 0 Å². The molecule has 0 fully saturated rings. The fraction of sp³-hybridized carbons (Fsp3) is 0. The lowest BCUT2D eigenvalue weighted by molar-refractivity contribution is 0.0698. The summed E-state index contributed by atoms with van der Waals surface area (Å²) < 4.78 is 0. The van der Waals surface area contributed by atoms with Crippen molar-refractivity contribution in [2.75, 3.05) is 11.1 Å². The summed E-state index contributed by atoms with van der Waals surface area (Å²) in [7, 11) is 0. The predicted octanol–water partition coefficient (Wildman–Crippen LogP) is 4.02. The Hall–Kier alpha value is -1.91. The Morgan fingerprint density at radius 3 is 2.53 bits per heavy atom. The maximum absolute atomic E-state index is 11.0. The number of aromatic carboxylic acids is 1. The van der Waals surface area contributed by atoms with E-state index in [1.807, 2.05) is 0 Å². The van der Waals surface area contributed by atoms with Crippen LogP contribution in [0.2, 0.25) is 10.0 Å². The Kier molecular flexibility index (Phi) is 3.83. The van der Waals surface area contributed by atoms with Gasteiger partial charge >= 0.3 is 5.97 Å². The van der Waals surface area contributed by atoms with Gasteiger partial charge in [-0.2, -0.15) is 0 Å². The zero-order valence-corrected chi connectivity index (χ0v) is 11.2. The number of rotatable bonds is 3. The molecule has 4 nitrogen and oxygen atoms in total. The molecule has 0 spiro atoms. The minimum absolute atomic E-state index is 0.0371. The fourth-order valence-electron chi connectivity index (χ4n) is 1.60. The van der Waals surface area contributed by atoms with E-state index in [0.29, 0.717) is 21.4 Å². The van der Waals surface area contributed by atoms with Crippen molar-refractivity contribution in [3.8, 4) is 0 Å². The molecule has 2 aromatic carbocycles. The first-order valence-electron chi connectivity index (χ1n) is 5.33. The highest BCUT2D eigenvalue weighted by atomic mass is 35.5. The summed E-state index contributed by atoms with van der Waals surface area (Å²) in [6.07, 6.45) is 0. The number of nitrogens with two attached hydrogens (primary N) is 1. The van der Waals surface area contributed by atoms with Crippen LogP contribution in [0.4, 0.5) is 17.1 Å². The standard InChI is InChI=1S/C13H10Cl2N2O2/c14-7-4-5-10(9(15)6-7)17-11-3-1-2-8(12(11)16)13(18)19/h1-6,17H,16H2,(H,18,19). The van der Waals surface area contributed by atoms with Gasteiger partial charge in [0.25, 0.3) is 0 Å². The van der Waals surface area contributed by atoms with E-state index in [4.69, 9.17) is 34.0 Å². The molecule has 0 atom stereocenters.